The zero-order valence-corrected chi connectivity index (χ0v) is 13.8. The molecule has 4 rings (SSSR count). The van der Waals surface area contributed by atoms with Crippen LogP contribution < -0.4 is 0 Å². The normalized spacial score (nSPS) is 19.3. The van der Waals surface area contributed by atoms with Crippen LogP contribution in [0.2, 0.25) is 0 Å². The molecule has 5 heteroatoms. The van der Waals surface area contributed by atoms with Crippen molar-refractivity contribution >= 4 is 22.5 Å². The van der Waals surface area contributed by atoms with Gasteiger partial charge in [-0.1, -0.05) is 6.92 Å². The number of imidazole rings is 1. The van der Waals surface area contributed by atoms with E-state index in [1.54, 1.807) is 11.3 Å². The number of thiophene rings is 1. The monoisotopic (exact) mass is 312 g/mol. The number of aryl methyl sites for hydroxylation is 1. The maximum absolute atomic E-state index is 4.94. The van der Waals surface area contributed by atoms with Crippen LogP contribution in [0.15, 0.2) is 30.5 Å². The topological polar surface area (TPSA) is 34.0 Å². The van der Waals surface area contributed by atoms with Gasteiger partial charge in [0.1, 0.15) is 16.3 Å². The molecule has 0 aliphatic carbocycles. The Kier molecular flexibility index (Phi) is 3.47. The van der Waals surface area contributed by atoms with Crippen LogP contribution in [-0.4, -0.2) is 32.5 Å². The summed E-state index contributed by atoms with van der Waals surface area (Å²) in [6.45, 7) is 6.62. The van der Waals surface area contributed by atoms with Gasteiger partial charge in [-0.3, -0.25) is 9.47 Å². The summed E-state index contributed by atoms with van der Waals surface area (Å²) in [5.74, 6) is 1.15. The molecule has 1 unspecified atom stereocenters. The molecular formula is C17H20N4S. The summed E-state index contributed by atoms with van der Waals surface area (Å²) in [7, 11) is 0. The van der Waals surface area contributed by atoms with Gasteiger partial charge >= 0.3 is 0 Å². The van der Waals surface area contributed by atoms with Crippen LogP contribution in [0.3, 0.4) is 0 Å². The number of aromatic nitrogens is 3. The predicted molar refractivity (Wildman–Crippen MR) is 90.7 cm³/mol. The van der Waals surface area contributed by atoms with Gasteiger partial charge in [-0.15, -0.1) is 11.3 Å². The number of fused-ring (bicyclic) bond motifs is 1. The Morgan fingerprint density at radius 2 is 2.23 bits per heavy atom. The quantitative estimate of drug-likeness (QED) is 0.734. The van der Waals surface area contributed by atoms with Crippen molar-refractivity contribution in [1.82, 2.24) is 19.4 Å². The summed E-state index contributed by atoms with van der Waals surface area (Å²) < 4.78 is 2.27. The van der Waals surface area contributed by atoms with Crippen molar-refractivity contribution in [2.75, 3.05) is 13.1 Å². The van der Waals surface area contributed by atoms with Gasteiger partial charge in [-0.25, -0.2) is 9.97 Å². The van der Waals surface area contributed by atoms with E-state index in [0.717, 1.165) is 23.5 Å². The van der Waals surface area contributed by atoms with Gasteiger partial charge in [-0.2, -0.15) is 0 Å². The van der Waals surface area contributed by atoms with Crippen LogP contribution in [0.1, 0.15) is 36.5 Å². The second-order valence-corrected chi connectivity index (χ2v) is 7.09. The lowest BCUT2D eigenvalue weighted by atomic mass is 10.2. The molecule has 4 heterocycles. The molecule has 0 N–H and O–H groups in total. The van der Waals surface area contributed by atoms with Gasteiger partial charge in [0, 0.05) is 11.1 Å². The first kappa shape index (κ1) is 13.9. The van der Waals surface area contributed by atoms with E-state index in [2.05, 4.69) is 46.5 Å². The Balaban J connectivity index is 1.94. The average molecular weight is 312 g/mol. The molecule has 1 saturated heterocycles. The molecule has 0 amide bonds. The van der Waals surface area contributed by atoms with Gasteiger partial charge in [0.2, 0.25) is 0 Å². The molecule has 0 aromatic carbocycles. The van der Waals surface area contributed by atoms with Crippen molar-refractivity contribution in [1.29, 1.82) is 0 Å². The van der Waals surface area contributed by atoms with Crippen LogP contribution in [0.4, 0.5) is 0 Å². The zero-order valence-electron chi connectivity index (χ0n) is 13.0. The maximum atomic E-state index is 4.94. The lowest BCUT2D eigenvalue weighted by Gasteiger charge is -2.22. The number of hydrogen-bond donors (Lipinski definition) is 0. The van der Waals surface area contributed by atoms with Gasteiger partial charge in [-0.05, 0) is 57.1 Å². The van der Waals surface area contributed by atoms with Gasteiger partial charge in [0.25, 0.3) is 0 Å². The molecule has 114 valence electrons. The largest absolute Gasteiger partial charge is 0.294 e. The molecule has 3 aromatic rings. The fourth-order valence-corrected chi connectivity index (χ4v) is 4.28. The summed E-state index contributed by atoms with van der Waals surface area (Å²) in [6, 6.07) is 8.79. The van der Waals surface area contributed by atoms with E-state index in [0.29, 0.717) is 6.04 Å². The van der Waals surface area contributed by atoms with Crippen molar-refractivity contribution in [3.63, 3.8) is 0 Å². The minimum Gasteiger partial charge on any atom is -0.294 e. The van der Waals surface area contributed by atoms with E-state index in [1.807, 2.05) is 12.3 Å². The first-order chi connectivity index (χ1) is 10.8. The van der Waals surface area contributed by atoms with E-state index in [1.165, 1.54) is 29.3 Å². The fourth-order valence-electron chi connectivity index (χ4n) is 3.41. The van der Waals surface area contributed by atoms with Crippen molar-refractivity contribution in [2.24, 2.45) is 0 Å². The molecule has 1 aliphatic rings. The Bertz CT molecular complexity index is 804. The van der Waals surface area contributed by atoms with Crippen LogP contribution in [0, 0.1) is 6.92 Å². The predicted octanol–water partition coefficient (Wildman–Crippen LogP) is 3.95. The third-order valence-corrected chi connectivity index (χ3v) is 5.44. The fraction of sp³-hybridized carbons (Fsp3) is 0.412. The van der Waals surface area contributed by atoms with Gasteiger partial charge in [0.15, 0.2) is 5.65 Å². The second kappa shape index (κ2) is 5.48. The first-order valence-electron chi connectivity index (χ1n) is 7.92. The standard InChI is InChI=1S/C17H20N4S/c1-3-20-11-5-7-14(20)17-19-13-6-4-10-18-16(13)21(17)15-9-8-12(2)22-15/h4,6,8-10,14H,3,5,7,11H2,1-2H3. The maximum Gasteiger partial charge on any atom is 0.165 e. The van der Waals surface area contributed by atoms with E-state index < -0.39 is 0 Å². The van der Waals surface area contributed by atoms with E-state index >= 15 is 0 Å². The van der Waals surface area contributed by atoms with E-state index in [-0.39, 0.29) is 0 Å². The summed E-state index contributed by atoms with van der Waals surface area (Å²) in [5, 5.41) is 1.22. The summed E-state index contributed by atoms with van der Waals surface area (Å²) in [6.07, 6.45) is 4.29. The van der Waals surface area contributed by atoms with Gasteiger partial charge in [0.05, 0.1) is 6.04 Å². The molecule has 22 heavy (non-hydrogen) atoms. The molecule has 1 fully saturated rings. The third kappa shape index (κ3) is 2.16. The Morgan fingerprint density at radius 1 is 1.32 bits per heavy atom. The molecule has 0 saturated carbocycles. The summed E-state index contributed by atoms with van der Waals surface area (Å²) in [5.41, 5.74) is 1.97. The molecule has 1 atom stereocenters. The van der Waals surface area contributed by atoms with Crippen molar-refractivity contribution < 1.29 is 0 Å². The summed E-state index contributed by atoms with van der Waals surface area (Å²) in [4.78, 5) is 13.4. The molecule has 1 aliphatic heterocycles. The Labute approximate surface area is 134 Å². The number of likely N-dealkylation sites (tertiary alicyclic amines) is 1. The Morgan fingerprint density at radius 3 is 3.00 bits per heavy atom. The molecule has 3 aromatic heterocycles. The number of hydrogen-bond acceptors (Lipinski definition) is 4. The van der Waals surface area contributed by atoms with Gasteiger partial charge < -0.3 is 0 Å². The lowest BCUT2D eigenvalue weighted by molar-refractivity contribution is 0.261. The van der Waals surface area contributed by atoms with Crippen LogP contribution in [0.25, 0.3) is 16.2 Å². The Hall–Kier alpha value is -1.72. The number of rotatable bonds is 3. The number of nitrogens with zero attached hydrogens (tertiary/aromatic N) is 4. The smallest absolute Gasteiger partial charge is 0.165 e. The van der Waals surface area contributed by atoms with Crippen LogP contribution >= 0.6 is 11.3 Å². The van der Waals surface area contributed by atoms with Crippen LogP contribution in [-0.2, 0) is 0 Å². The summed E-state index contributed by atoms with van der Waals surface area (Å²) >= 11 is 1.81. The van der Waals surface area contributed by atoms with Crippen LogP contribution in [0.5, 0.6) is 0 Å². The SMILES string of the molecule is CCN1CCCC1c1nc2cccnc2n1-c1ccc(C)s1. The minimum atomic E-state index is 0.404. The molecule has 0 bridgehead atoms. The molecule has 0 radical (unpaired) electrons. The van der Waals surface area contributed by atoms with E-state index in [9.17, 15) is 0 Å². The minimum absolute atomic E-state index is 0.404. The lowest BCUT2D eigenvalue weighted by Crippen LogP contribution is -2.24. The third-order valence-electron chi connectivity index (χ3n) is 4.46. The average Bonchev–Trinajstić information content (AvgIpc) is 3.23. The van der Waals surface area contributed by atoms with Crippen molar-refractivity contribution in [2.45, 2.75) is 32.7 Å². The van der Waals surface area contributed by atoms with Crippen molar-refractivity contribution in [3.8, 4) is 5.00 Å². The first-order valence-corrected chi connectivity index (χ1v) is 8.74. The highest BCUT2D eigenvalue weighted by atomic mass is 32.1. The highest BCUT2D eigenvalue weighted by Crippen LogP contribution is 2.35. The zero-order chi connectivity index (χ0) is 15.1. The molecule has 4 nitrogen and oxygen atoms in total. The highest BCUT2D eigenvalue weighted by Gasteiger charge is 2.30. The second-order valence-electron chi connectivity index (χ2n) is 5.82. The molecule has 0 spiro atoms. The van der Waals surface area contributed by atoms with E-state index in [4.69, 9.17) is 4.98 Å². The molecular weight excluding hydrogens is 292 g/mol. The van der Waals surface area contributed by atoms with Crippen molar-refractivity contribution in [3.05, 3.63) is 41.2 Å². The highest BCUT2D eigenvalue weighted by molar-refractivity contribution is 7.14. The number of pyridine rings is 1.